The van der Waals surface area contributed by atoms with Crippen molar-refractivity contribution in [2.45, 2.75) is 52.4 Å². The molecule has 0 saturated carbocycles. The van der Waals surface area contributed by atoms with Crippen LogP contribution < -0.4 is 0 Å². The minimum absolute atomic E-state index is 0.278. The molecule has 0 aromatic rings. The summed E-state index contributed by atoms with van der Waals surface area (Å²) in [5.74, 6) is -0.411. The van der Waals surface area contributed by atoms with Gasteiger partial charge in [0.05, 0.1) is 0 Å². The molecular formula is C13H24O3. The molecule has 16 heavy (non-hydrogen) atoms. The van der Waals surface area contributed by atoms with E-state index in [1.165, 1.54) is 6.42 Å². The Balaban J connectivity index is 3.34. The average molecular weight is 228 g/mol. The highest BCUT2D eigenvalue weighted by Crippen LogP contribution is 2.11. The molecule has 0 aliphatic carbocycles. The lowest BCUT2D eigenvalue weighted by Crippen LogP contribution is -1.99. The number of hydrogen-bond donors (Lipinski definition) is 2. The molecule has 3 heteroatoms. The first-order valence-corrected chi connectivity index (χ1v) is 6.08. The van der Waals surface area contributed by atoms with E-state index in [-0.39, 0.29) is 6.61 Å². The van der Waals surface area contributed by atoms with Crippen molar-refractivity contribution in [3.8, 4) is 0 Å². The van der Waals surface area contributed by atoms with Gasteiger partial charge in [-0.1, -0.05) is 32.3 Å². The summed E-state index contributed by atoms with van der Waals surface area (Å²) in [7, 11) is 0. The van der Waals surface area contributed by atoms with E-state index < -0.39 is 5.97 Å². The number of carboxylic acid groups (broad SMARTS) is 1. The maximum absolute atomic E-state index is 10.5. The molecule has 2 N–H and O–H groups in total. The molecule has 0 aliphatic rings. The minimum atomic E-state index is -0.822. The van der Waals surface area contributed by atoms with Crippen LogP contribution in [0.2, 0.25) is 0 Å². The molecule has 0 spiro atoms. The Bertz CT molecular complexity index is 221. The first kappa shape index (κ1) is 15.2. The van der Waals surface area contributed by atoms with E-state index in [0.717, 1.165) is 32.1 Å². The topological polar surface area (TPSA) is 57.5 Å². The van der Waals surface area contributed by atoms with Gasteiger partial charge in [-0.2, -0.15) is 0 Å². The highest BCUT2D eigenvalue weighted by Gasteiger charge is 2.00. The molecule has 0 bridgehead atoms. The molecule has 0 heterocycles. The highest BCUT2D eigenvalue weighted by atomic mass is 16.4. The van der Waals surface area contributed by atoms with Gasteiger partial charge in [0.25, 0.3) is 0 Å². The summed E-state index contributed by atoms with van der Waals surface area (Å²) in [4.78, 5) is 10.5. The largest absolute Gasteiger partial charge is 0.478 e. The fraction of sp³-hybridized carbons (Fsp3) is 0.769. The molecule has 1 atom stereocenters. The highest BCUT2D eigenvalue weighted by molar-refractivity contribution is 5.85. The summed E-state index contributed by atoms with van der Waals surface area (Å²) < 4.78 is 0. The number of unbranched alkanes of at least 4 members (excludes halogenated alkanes) is 4. The maximum Gasteiger partial charge on any atom is 0.330 e. The van der Waals surface area contributed by atoms with Gasteiger partial charge in [-0.3, -0.25) is 0 Å². The Morgan fingerprint density at radius 2 is 1.88 bits per heavy atom. The standard InChI is InChI=1S/C13H24O3/c1-11(10-14)8-6-4-3-5-7-9-12(2)13(15)16/h9,11,14H,3-8,10H2,1-2H3,(H,15,16). The molecular weight excluding hydrogens is 204 g/mol. The molecule has 0 aromatic heterocycles. The van der Waals surface area contributed by atoms with Crippen molar-refractivity contribution in [2.75, 3.05) is 6.61 Å². The van der Waals surface area contributed by atoms with E-state index in [9.17, 15) is 4.79 Å². The van der Waals surface area contributed by atoms with E-state index >= 15 is 0 Å². The number of aliphatic hydroxyl groups is 1. The predicted octanol–water partition coefficient (Wildman–Crippen LogP) is 2.99. The van der Waals surface area contributed by atoms with Crippen LogP contribution in [0.1, 0.15) is 52.4 Å². The van der Waals surface area contributed by atoms with Gasteiger partial charge >= 0.3 is 5.97 Å². The van der Waals surface area contributed by atoms with Crippen LogP contribution >= 0.6 is 0 Å². The van der Waals surface area contributed by atoms with E-state index in [1.807, 2.05) is 0 Å². The molecule has 1 unspecified atom stereocenters. The first-order valence-electron chi connectivity index (χ1n) is 6.08. The fourth-order valence-corrected chi connectivity index (χ4v) is 1.49. The van der Waals surface area contributed by atoms with Crippen molar-refractivity contribution in [3.05, 3.63) is 11.6 Å². The Morgan fingerprint density at radius 3 is 2.44 bits per heavy atom. The molecule has 0 radical (unpaired) electrons. The molecule has 3 nitrogen and oxygen atoms in total. The summed E-state index contributed by atoms with van der Waals surface area (Å²) >= 11 is 0. The molecule has 0 rings (SSSR count). The zero-order chi connectivity index (χ0) is 12.4. The number of hydrogen-bond acceptors (Lipinski definition) is 2. The second-order valence-corrected chi connectivity index (χ2v) is 4.47. The Hall–Kier alpha value is -0.830. The van der Waals surface area contributed by atoms with Gasteiger partial charge in [0.2, 0.25) is 0 Å². The zero-order valence-electron chi connectivity index (χ0n) is 10.4. The first-order chi connectivity index (χ1) is 7.57. The van der Waals surface area contributed by atoms with Gasteiger partial charge in [-0.15, -0.1) is 0 Å². The van der Waals surface area contributed by atoms with Crippen LogP contribution in [0.3, 0.4) is 0 Å². The maximum atomic E-state index is 10.5. The molecule has 0 aliphatic heterocycles. The number of carbonyl (C=O) groups is 1. The molecule has 0 amide bonds. The lowest BCUT2D eigenvalue weighted by atomic mass is 10.0. The number of aliphatic carboxylic acids is 1. The van der Waals surface area contributed by atoms with Gasteiger partial charge in [0.15, 0.2) is 0 Å². The average Bonchev–Trinajstić information content (AvgIpc) is 2.26. The van der Waals surface area contributed by atoms with Crippen molar-refractivity contribution in [1.82, 2.24) is 0 Å². The SMILES string of the molecule is CC(=CCCCCCCC(C)CO)C(=O)O. The summed E-state index contributed by atoms with van der Waals surface area (Å²) in [5, 5.41) is 17.4. The van der Waals surface area contributed by atoms with E-state index in [2.05, 4.69) is 6.92 Å². The van der Waals surface area contributed by atoms with Crippen molar-refractivity contribution < 1.29 is 15.0 Å². The van der Waals surface area contributed by atoms with E-state index in [0.29, 0.717) is 11.5 Å². The van der Waals surface area contributed by atoms with Crippen LogP contribution in [-0.4, -0.2) is 22.8 Å². The van der Waals surface area contributed by atoms with Crippen LogP contribution in [0.4, 0.5) is 0 Å². The predicted molar refractivity (Wildman–Crippen MR) is 65.3 cm³/mol. The van der Waals surface area contributed by atoms with Gasteiger partial charge in [0, 0.05) is 12.2 Å². The monoisotopic (exact) mass is 228 g/mol. The van der Waals surface area contributed by atoms with Gasteiger partial charge in [-0.25, -0.2) is 4.79 Å². The van der Waals surface area contributed by atoms with Crippen LogP contribution in [-0.2, 0) is 4.79 Å². The fourth-order valence-electron chi connectivity index (χ4n) is 1.49. The van der Waals surface area contributed by atoms with Crippen LogP contribution in [0, 0.1) is 5.92 Å². The number of rotatable bonds is 9. The quantitative estimate of drug-likeness (QED) is 0.471. The number of allylic oxidation sites excluding steroid dienone is 1. The lowest BCUT2D eigenvalue weighted by molar-refractivity contribution is -0.132. The van der Waals surface area contributed by atoms with E-state index in [1.54, 1.807) is 13.0 Å². The molecule has 94 valence electrons. The normalized spacial score (nSPS) is 13.8. The Labute approximate surface area is 98.2 Å². The number of aliphatic hydroxyl groups excluding tert-OH is 1. The Kier molecular flexibility index (Phi) is 8.91. The molecule has 0 saturated heterocycles. The van der Waals surface area contributed by atoms with Gasteiger partial charge in [-0.05, 0) is 32.1 Å². The zero-order valence-corrected chi connectivity index (χ0v) is 10.4. The summed E-state index contributed by atoms with van der Waals surface area (Å²) in [5.41, 5.74) is 0.439. The second-order valence-electron chi connectivity index (χ2n) is 4.47. The lowest BCUT2D eigenvalue weighted by Gasteiger charge is -2.06. The van der Waals surface area contributed by atoms with Crippen LogP contribution in [0.5, 0.6) is 0 Å². The van der Waals surface area contributed by atoms with Crippen molar-refractivity contribution in [1.29, 1.82) is 0 Å². The van der Waals surface area contributed by atoms with Gasteiger partial charge in [0.1, 0.15) is 0 Å². The van der Waals surface area contributed by atoms with Crippen molar-refractivity contribution >= 4 is 5.97 Å². The van der Waals surface area contributed by atoms with Crippen LogP contribution in [0.15, 0.2) is 11.6 Å². The Morgan fingerprint density at radius 1 is 1.25 bits per heavy atom. The van der Waals surface area contributed by atoms with Crippen LogP contribution in [0.25, 0.3) is 0 Å². The molecule has 0 aromatic carbocycles. The minimum Gasteiger partial charge on any atom is -0.478 e. The second kappa shape index (κ2) is 9.40. The summed E-state index contributed by atoms with van der Waals surface area (Å²) in [6.45, 7) is 3.96. The smallest absolute Gasteiger partial charge is 0.330 e. The third-order valence-corrected chi connectivity index (χ3v) is 2.75. The third-order valence-electron chi connectivity index (χ3n) is 2.75. The summed E-state index contributed by atoms with van der Waals surface area (Å²) in [6, 6.07) is 0. The van der Waals surface area contributed by atoms with E-state index in [4.69, 9.17) is 10.2 Å². The van der Waals surface area contributed by atoms with Gasteiger partial charge < -0.3 is 10.2 Å². The number of carboxylic acids is 1. The summed E-state index contributed by atoms with van der Waals surface area (Å²) in [6.07, 6.45) is 8.25. The third kappa shape index (κ3) is 8.48. The van der Waals surface area contributed by atoms with Crippen molar-refractivity contribution in [2.24, 2.45) is 5.92 Å². The molecule has 0 fully saturated rings. The van der Waals surface area contributed by atoms with Crippen molar-refractivity contribution in [3.63, 3.8) is 0 Å².